The first-order valence-corrected chi connectivity index (χ1v) is 20.1. The summed E-state index contributed by atoms with van der Waals surface area (Å²) in [7, 11) is 0. The first-order valence-electron chi connectivity index (χ1n) is 20.1. The third kappa shape index (κ3) is 6.57. The average Bonchev–Trinajstić information content (AvgIpc) is 3.50. The van der Waals surface area contributed by atoms with Crippen LogP contribution in [-0.2, 0) is 10.7 Å². The van der Waals surface area contributed by atoms with Gasteiger partial charge in [0.1, 0.15) is 23.2 Å². The molecule has 6 saturated carbocycles. The third-order valence-electron chi connectivity index (χ3n) is 13.9. The minimum Gasteiger partial charge on any atom is -0.490 e. The maximum atomic E-state index is 15.5. The second kappa shape index (κ2) is 13.4. The molecule has 1 amide bonds. The minimum absolute atomic E-state index is 0.0119. The molecule has 2 N–H and O–H groups in total. The normalized spacial score (nSPS) is 34.4. The van der Waals surface area contributed by atoms with E-state index < -0.39 is 46.7 Å². The van der Waals surface area contributed by atoms with Crippen molar-refractivity contribution in [3.8, 4) is 17.1 Å². The molecule has 4 bridgehead atoms. The molecule has 1 aromatic carbocycles. The molecule has 0 atom stereocenters. The average molecular weight is 770 g/mol. The van der Waals surface area contributed by atoms with Gasteiger partial charge in [-0.25, -0.2) is 27.9 Å². The van der Waals surface area contributed by atoms with Crippen LogP contribution in [0.3, 0.4) is 0 Å². The molecular weight excluding hydrogens is 721 g/mol. The Labute approximate surface area is 316 Å². The number of nitrogens with one attached hydrogen (secondary N) is 1. The van der Waals surface area contributed by atoms with Gasteiger partial charge in [0.05, 0.1) is 30.3 Å². The van der Waals surface area contributed by atoms with E-state index in [0.717, 1.165) is 43.8 Å². The van der Waals surface area contributed by atoms with Crippen LogP contribution in [0.15, 0.2) is 30.6 Å². The molecule has 6 aliphatic carbocycles. The monoisotopic (exact) mass is 769 g/mol. The summed E-state index contributed by atoms with van der Waals surface area (Å²) in [6.07, 6.45) is 10.7. The number of ether oxygens (including phenoxy) is 1. The zero-order chi connectivity index (χ0) is 38.4. The molecule has 9 nitrogen and oxygen atoms in total. The summed E-state index contributed by atoms with van der Waals surface area (Å²) >= 11 is 0. The van der Waals surface area contributed by atoms with E-state index in [4.69, 9.17) is 4.74 Å². The smallest absolute Gasteiger partial charge is 0.330 e. The molecule has 10 rings (SSSR count). The lowest BCUT2D eigenvalue weighted by Gasteiger charge is -2.59. The van der Waals surface area contributed by atoms with Crippen LogP contribution >= 0.6 is 0 Å². The number of carbonyl (C=O) groups is 2. The van der Waals surface area contributed by atoms with Crippen LogP contribution in [0.2, 0.25) is 0 Å². The molecule has 1 aliphatic heterocycles. The molecule has 7 aliphatic rings. The number of benzene rings is 1. The maximum Gasteiger partial charge on any atom is 0.330 e. The Bertz CT molecular complexity index is 1950. The van der Waals surface area contributed by atoms with Crippen LogP contribution in [0.25, 0.3) is 22.3 Å². The van der Waals surface area contributed by atoms with Crippen LogP contribution in [0, 0.1) is 23.7 Å². The number of likely N-dealkylation sites (tertiary alicyclic amines) is 1. The number of carbonyl (C=O) groups excluding carboxylic acids is 1. The molecule has 3 heterocycles. The van der Waals surface area contributed by atoms with Crippen molar-refractivity contribution in [2.75, 3.05) is 13.1 Å². The summed E-state index contributed by atoms with van der Waals surface area (Å²) < 4.78 is 80.5. The molecular formula is C41H48F5N5O4. The Kier molecular flexibility index (Phi) is 8.97. The highest BCUT2D eigenvalue weighted by Crippen LogP contribution is 2.58. The predicted octanol–water partition coefficient (Wildman–Crippen LogP) is 8.31. The van der Waals surface area contributed by atoms with Crippen LogP contribution in [0.5, 0.6) is 5.75 Å². The molecule has 7 fully saturated rings. The Balaban J connectivity index is 1.01. The number of hydrogen-bond acceptors (Lipinski definition) is 6. The van der Waals surface area contributed by atoms with Gasteiger partial charge in [-0.05, 0) is 119 Å². The number of carboxylic acid groups (broad SMARTS) is 1. The summed E-state index contributed by atoms with van der Waals surface area (Å²) in [6.45, 7) is 0.293. The lowest BCUT2D eigenvalue weighted by molar-refractivity contribution is -0.163. The number of aromatic nitrogens is 3. The number of rotatable bonds is 9. The van der Waals surface area contributed by atoms with Crippen molar-refractivity contribution >= 4 is 22.8 Å². The van der Waals surface area contributed by atoms with Crippen molar-refractivity contribution < 1.29 is 41.4 Å². The van der Waals surface area contributed by atoms with Crippen molar-refractivity contribution in [3.63, 3.8) is 0 Å². The van der Waals surface area contributed by atoms with E-state index >= 15 is 8.78 Å². The summed E-state index contributed by atoms with van der Waals surface area (Å²) in [5.74, 6) is -7.26. The van der Waals surface area contributed by atoms with E-state index in [1.807, 2.05) is 33.9 Å². The van der Waals surface area contributed by atoms with E-state index in [1.54, 1.807) is 0 Å². The highest BCUT2D eigenvalue weighted by molar-refractivity contribution is 6.00. The van der Waals surface area contributed by atoms with Crippen LogP contribution in [0.1, 0.15) is 112 Å². The fourth-order valence-electron chi connectivity index (χ4n) is 11.4. The minimum atomic E-state index is -3.56. The van der Waals surface area contributed by atoms with Gasteiger partial charge in [0, 0.05) is 48.4 Å². The number of carboxylic acids is 1. The summed E-state index contributed by atoms with van der Waals surface area (Å²) in [6, 6.07) is 5.61. The first kappa shape index (κ1) is 36.8. The Morgan fingerprint density at radius 2 is 1.56 bits per heavy atom. The number of aliphatic carboxylic acids is 1. The molecule has 296 valence electrons. The number of amides is 1. The first-order chi connectivity index (χ1) is 26.2. The SMILES string of the molecule is CC(F)(F)c1nc(-c2cn(C3CCC(F)CC3)c3cc(OC4CCC(N5CC(F)(F)C5)CC4)ccc23)ncc1C(=O)NC1(C(=O)O)C2CC3CC(C2)CC1C3. The Hall–Kier alpha value is -3.81. The molecule has 0 radical (unpaired) electrons. The lowest BCUT2D eigenvalue weighted by atomic mass is 9.48. The van der Waals surface area contributed by atoms with E-state index in [1.165, 1.54) is 0 Å². The van der Waals surface area contributed by atoms with Crippen LogP contribution < -0.4 is 10.1 Å². The van der Waals surface area contributed by atoms with Crippen LogP contribution in [-0.4, -0.2) is 79.3 Å². The molecule has 3 aromatic rings. The number of halogens is 5. The van der Waals surface area contributed by atoms with Gasteiger partial charge in [-0.1, -0.05) is 0 Å². The predicted molar refractivity (Wildman–Crippen MR) is 193 cm³/mol. The van der Waals surface area contributed by atoms with Crippen molar-refractivity contribution in [2.45, 2.75) is 132 Å². The summed E-state index contributed by atoms with van der Waals surface area (Å²) in [4.78, 5) is 37.5. The zero-order valence-electron chi connectivity index (χ0n) is 31.0. The molecule has 55 heavy (non-hydrogen) atoms. The van der Waals surface area contributed by atoms with Gasteiger partial charge in [-0.3, -0.25) is 9.69 Å². The van der Waals surface area contributed by atoms with Crippen molar-refractivity contribution in [2.24, 2.45) is 23.7 Å². The van der Waals surface area contributed by atoms with Crippen molar-refractivity contribution in [1.82, 2.24) is 24.8 Å². The van der Waals surface area contributed by atoms with Gasteiger partial charge in [0.25, 0.3) is 17.8 Å². The quantitative estimate of drug-likeness (QED) is 0.211. The number of fused-ring (bicyclic) bond motifs is 1. The molecule has 14 heteroatoms. The largest absolute Gasteiger partial charge is 0.490 e. The molecule has 0 unspecified atom stereocenters. The van der Waals surface area contributed by atoms with Gasteiger partial charge in [-0.15, -0.1) is 0 Å². The summed E-state index contributed by atoms with van der Waals surface area (Å²) in [5, 5.41) is 14.0. The van der Waals surface area contributed by atoms with Crippen molar-refractivity contribution in [3.05, 3.63) is 41.9 Å². The van der Waals surface area contributed by atoms with Gasteiger partial charge in [-0.2, -0.15) is 8.78 Å². The molecule has 1 saturated heterocycles. The number of hydrogen-bond donors (Lipinski definition) is 2. The zero-order valence-corrected chi connectivity index (χ0v) is 31.0. The Morgan fingerprint density at radius 1 is 0.927 bits per heavy atom. The number of alkyl halides is 5. The van der Waals surface area contributed by atoms with Gasteiger partial charge in [0.15, 0.2) is 5.82 Å². The third-order valence-corrected chi connectivity index (χ3v) is 13.9. The molecule has 2 aromatic heterocycles. The van der Waals surface area contributed by atoms with E-state index in [9.17, 15) is 27.9 Å². The maximum absolute atomic E-state index is 15.5. The second-order valence-corrected chi connectivity index (χ2v) is 17.6. The standard InChI is InChI=1S/C41H48F5N5O4/c1-39(43,44)35-32(37(52)49-41(38(53)54)24-13-22-12-23(15-24)16-25(41)14-22)18-47-36(48-35)33-19-51(28-4-2-26(42)3-5-28)34-17-30(10-11-31(33)34)55-29-8-6-27(7-9-29)50-20-40(45,46)21-50/h10-11,17-19,22-29H,2-9,12-16,20-21H2,1H3,(H,49,52)(H,53,54). The highest BCUT2D eigenvalue weighted by atomic mass is 19.3. The summed E-state index contributed by atoms with van der Waals surface area (Å²) in [5.41, 5.74) is -1.54. The lowest BCUT2D eigenvalue weighted by Crippen LogP contribution is -2.70. The van der Waals surface area contributed by atoms with Crippen molar-refractivity contribution in [1.29, 1.82) is 0 Å². The topological polar surface area (TPSA) is 110 Å². The van der Waals surface area contributed by atoms with Gasteiger partial charge >= 0.3 is 5.97 Å². The van der Waals surface area contributed by atoms with E-state index in [-0.39, 0.29) is 48.9 Å². The van der Waals surface area contributed by atoms with E-state index in [0.29, 0.717) is 86.8 Å². The molecule has 0 spiro atoms. The highest BCUT2D eigenvalue weighted by Gasteiger charge is 2.62. The number of nitrogens with zero attached hydrogens (tertiary/aromatic N) is 4. The fourth-order valence-corrected chi connectivity index (χ4v) is 11.4. The second-order valence-electron chi connectivity index (χ2n) is 17.6. The van der Waals surface area contributed by atoms with Gasteiger partial charge in [0.2, 0.25) is 0 Å². The van der Waals surface area contributed by atoms with E-state index in [2.05, 4.69) is 15.3 Å². The fraction of sp³-hybridized carbons (Fsp3) is 0.659. The van der Waals surface area contributed by atoms with Gasteiger partial charge < -0.3 is 19.7 Å². The van der Waals surface area contributed by atoms with Crippen LogP contribution in [0.4, 0.5) is 22.0 Å². The Morgan fingerprint density at radius 3 is 2.16 bits per heavy atom.